The minimum absolute atomic E-state index is 0.118. The van der Waals surface area contributed by atoms with Crippen molar-refractivity contribution in [3.63, 3.8) is 0 Å². The monoisotopic (exact) mass is 270 g/mol. The molecule has 0 radical (unpaired) electrons. The molecule has 2 rings (SSSR count). The van der Waals surface area contributed by atoms with Gasteiger partial charge in [-0.25, -0.2) is 4.79 Å². The van der Waals surface area contributed by atoms with E-state index < -0.39 is 5.60 Å². The van der Waals surface area contributed by atoms with Crippen LogP contribution in [0.25, 0.3) is 0 Å². The van der Waals surface area contributed by atoms with Crippen LogP contribution in [0.15, 0.2) is 0 Å². The first-order chi connectivity index (χ1) is 8.89. The van der Waals surface area contributed by atoms with Crippen LogP contribution in [0.5, 0.6) is 0 Å². The van der Waals surface area contributed by atoms with Gasteiger partial charge in [-0.15, -0.1) is 0 Å². The Morgan fingerprint density at radius 2 is 2.00 bits per heavy atom. The van der Waals surface area contributed by atoms with Crippen molar-refractivity contribution in [1.82, 2.24) is 10.6 Å². The predicted molar refractivity (Wildman–Crippen MR) is 73.1 cm³/mol. The van der Waals surface area contributed by atoms with Crippen LogP contribution in [0.1, 0.15) is 47.0 Å². The summed E-state index contributed by atoms with van der Waals surface area (Å²) in [7, 11) is 0. The van der Waals surface area contributed by atoms with Gasteiger partial charge in [0.25, 0.3) is 0 Å². The minimum atomic E-state index is -0.452. The average Bonchev–Trinajstić information content (AvgIpc) is 3.06. The van der Waals surface area contributed by atoms with E-state index in [1.807, 2.05) is 27.7 Å². The molecule has 0 heterocycles. The summed E-state index contributed by atoms with van der Waals surface area (Å²) in [6.07, 6.45) is 3.20. The zero-order chi connectivity index (χ0) is 14.0. The van der Waals surface area contributed by atoms with Crippen molar-refractivity contribution in [2.45, 2.75) is 76.8 Å². The lowest BCUT2D eigenvalue weighted by atomic mass is 9.82. The highest BCUT2D eigenvalue weighted by Crippen LogP contribution is 2.29. The molecule has 5 nitrogen and oxygen atoms in total. The second-order valence-electron chi connectivity index (χ2n) is 6.45. The summed E-state index contributed by atoms with van der Waals surface area (Å²) in [4.78, 5) is 11.8. The van der Waals surface area contributed by atoms with Crippen LogP contribution in [0, 0.1) is 0 Å². The lowest BCUT2D eigenvalue weighted by Gasteiger charge is -2.45. The third-order valence-corrected chi connectivity index (χ3v) is 3.41. The van der Waals surface area contributed by atoms with Gasteiger partial charge in [-0.05, 0) is 47.0 Å². The second-order valence-corrected chi connectivity index (χ2v) is 6.45. The summed E-state index contributed by atoms with van der Waals surface area (Å²) >= 11 is 0. The Morgan fingerprint density at radius 1 is 1.32 bits per heavy atom. The normalized spacial score (nSPS) is 30.6. The third kappa shape index (κ3) is 4.35. The molecule has 5 heteroatoms. The highest BCUT2D eigenvalue weighted by atomic mass is 16.6. The summed E-state index contributed by atoms with van der Waals surface area (Å²) < 4.78 is 11.0. The Hall–Kier alpha value is -0.810. The molecular weight excluding hydrogens is 244 g/mol. The van der Waals surface area contributed by atoms with Gasteiger partial charge >= 0.3 is 6.09 Å². The van der Waals surface area contributed by atoms with E-state index in [0.29, 0.717) is 12.6 Å². The van der Waals surface area contributed by atoms with E-state index in [0.717, 1.165) is 6.42 Å². The fourth-order valence-corrected chi connectivity index (χ4v) is 2.35. The lowest BCUT2D eigenvalue weighted by Crippen LogP contribution is -2.66. The quantitative estimate of drug-likeness (QED) is 0.800. The number of ether oxygens (including phenoxy) is 2. The molecule has 110 valence electrons. The van der Waals surface area contributed by atoms with Gasteiger partial charge in [-0.1, -0.05) is 0 Å². The number of alkyl carbamates (subject to hydrolysis) is 1. The summed E-state index contributed by atoms with van der Waals surface area (Å²) in [6.45, 7) is 8.33. The molecule has 2 saturated carbocycles. The number of hydrogen-bond donors (Lipinski definition) is 2. The highest BCUT2D eigenvalue weighted by molar-refractivity contribution is 5.68. The lowest BCUT2D eigenvalue weighted by molar-refractivity contribution is -0.0438. The Balaban J connectivity index is 1.80. The maximum Gasteiger partial charge on any atom is 0.407 e. The molecular formula is C14H26N2O3. The molecule has 3 unspecified atom stereocenters. The van der Waals surface area contributed by atoms with Gasteiger partial charge in [0.05, 0.1) is 18.2 Å². The number of carbonyl (C=O) groups excluding carboxylic acids is 1. The highest BCUT2D eigenvalue weighted by Gasteiger charge is 2.45. The van der Waals surface area contributed by atoms with Crippen LogP contribution < -0.4 is 10.6 Å². The first kappa shape index (κ1) is 14.6. The van der Waals surface area contributed by atoms with Crippen molar-refractivity contribution in [2.24, 2.45) is 0 Å². The summed E-state index contributed by atoms with van der Waals surface area (Å²) in [6, 6.07) is 0.947. The second kappa shape index (κ2) is 5.67. The van der Waals surface area contributed by atoms with Crippen molar-refractivity contribution in [1.29, 1.82) is 0 Å². The van der Waals surface area contributed by atoms with Crippen LogP contribution in [0.2, 0.25) is 0 Å². The molecule has 2 fully saturated rings. The van der Waals surface area contributed by atoms with Gasteiger partial charge in [0.1, 0.15) is 5.60 Å². The molecule has 0 spiro atoms. The number of nitrogens with one attached hydrogen (secondary N) is 2. The number of rotatable bonds is 5. The molecule has 0 aromatic rings. The smallest absolute Gasteiger partial charge is 0.407 e. The summed E-state index contributed by atoms with van der Waals surface area (Å²) in [5.41, 5.74) is -0.452. The van der Waals surface area contributed by atoms with Crippen LogP contribution in [-0.4, -0.2) is 42.5 Å². The van der Waals surface area contributed by atoms with E-state index in [1.165, 1.54) is 12.8 Å². The van der Waals surface area contributed by atoms with E-state index >= 15 is 0 Å². The molecule has 0 bridgehead atoms. The van der Waals surface area contributed by atoms with E-state index in [1.54, 1.807) is 0 Å². The van der Waals surface area contributed by atoms with Gasteiger partial charge < -0.3 is 20.1 Å². The minimum Gasteiger partial charge on any atom is -0.444 e. The van der Waals surface area contributed by atoms with Crippen molar-refractivity contribution < 1.29 is 14.3 Å². The number of carbonyl (C=O) groups is 1. The Morgan fingerprint density at radius 3 is 2.53 bits per heavy atom. The molecule has 1 amide bonds. The van der Waals surface area contributed by atoms with E-state index in [2.05, 4.69) is 10.6 Å². The van der Waals surface area contributed by atoms with Crippen LogP contribution >= 0.6 is 0 Å². The van der Waals surface area contributed by atoms with Gasteiger partial charge in [0, 0.05) is 12.6 Å². The van der Waals surface area contributed by atoms with Crippen molar-refractivity contribution >= 4 is 6.09 Å². The van der Waals surface area contributed by atoms with Gasteiger partial charge in [0.2, 0.25) is 0 Å². The van der Waals surface area contributed by atoms with Crippen molar-refractivity contribution in [3.8, 4) is 0 Å². The molecule has 2 aliphatic rings. The molecule has 19 heavy (non-hydrogen) atoms. The van der Waals surface area contributed by atoms with Gasteiger partial charge in [-0.2, -0.15) is 0 Å². The zero-order valence-electron chi connectivity index (χ0n) is 12.4. The van der Waals surface area contributed by atoms with Gasteiger partial charge in [-0.3, -0.25) is 0 Å². The Labute approximate surface area is 115 Å². The number of amides is 1. The maximum atomic E-state index is 11.8. The third-order valence-electron chi connectivity index (χ3n) is 3.41. The predicted octanol–water partition coefficient (Wildman–Crippen LogP) is 1.81. The number of hydrogen-bond acceptors (Lipinski definition) is 4. The molecule has 0 aromatic heterocycles. The Bertz CT molecular complexity index is 323. The van der Waals surface area contributed by atoms with Crippen LogP contribution in [-0.2, 0) is 9.47 Å². The van der Waals surface area contributed by atoms with Crippen molar-refractivity contribution in [2.75, 3.05) is 6.61 Å². The molecule has 2 N–H and O–H groups in total. The van der Waals surface area contributed by atoms with Crippen LogP contribution in [0.3, 0.4) is 0 Å². The summed E-state index contributed by atoms with van der Waals surface area (Å²) in [5.74, 6) is 0. The van der Waals surface area contributed by atoms with E-state index in [4.69, 9.17) is 9.47 Å². The van der Waals surface area contributed by atoms with Crippen LogP contribution in [0.4, 0.5) is 4.79 Å². The fourth-order valence-electron chi connectivity index (χ4n) is 2.35. The molecule has 0 aliphatic heterocycles. The SMILES string of the molecule is CCOC1CC(NC(=O)OC(C)(C)C)C1NC1CC1. The van der Waals surface area contributed by atoms with Crippen molar-refractivity contribution in [3.05, 3.63) is 0 Å². The fraction of sp³-hybridized carbons (Fsp3) is 0.929. The molecule has 0 aromatic carbocycles. The maximum absolute atomic E-state index is 11.8. The first-order valence-electron chi connectivity index (χ1n) is 7.26. The summed E-state index contributed by atoms with van der Waals surface area (Å²) in [5, 5.41) is 6.49. The standard InChI is InChI=1S/C14H26N2O3/c1-5-18-11-8-10(12(11)15-9-6-7-9)16-13(17)19-14(2,3)4/h9-12,15H,5-8H2,1-4H3,(H,16,17). The van der Waals surface area contributed by atoms with E-state index in [9.17, 15) is 4.79 Å². The molecule has 0 saturated heterocycles. The largest absolute Gasteiger partial charge is 0.444 e. The molecule has 2 aliphatic carbocycles. The zero-order valence-corrected chi connectivity index (χ0v) is 12.4. The topological polar surface area (TPSA) is 59.6 Å². The Kier molecular flexibility index (Phi) is 4.36. The first-order valence-corrected chi connectivity index (χ1v) is 7.26. The molecule has 3 atom stereocenters. The van der Waals surface area contributed by atoms with Gasteiger partial charge in [0.15, 0.2) is 0 Å². The van der Waals surface area contributed by atoms with E-state index in [-0.39, 0.29) is 24.3 Å². The average molecular weight is 270 g/mol.